The lowest BCUT2D eigenvalue weighted by Gasteiger charge is -2.22. The number of rotatable bonds is 5. The van der Waals surface area contributed by atoms with Crippen molar-refractivity contribution < 1.29 is 0 Å². The summed E-state index contributed by atoms with van der Waals surface area (Å²) in [6, 6.07) is 0.464. The van der Waals surface area contributed by atoms with Crippen molar-refractivity contribution in [1.29, 1.82) is 0 Å². The van der Waals surface area contributed by atoms with Crippen LogP contribution in [0.25, 0.3) is 0 Å². The Labute approximate surface area is 102 Å². The van der Waals surface area contributed by atoms with Gasteiger partial charge in [0.05, 0.1) is 10.7 Å². The minimum atomic E-state index is 0.464. The van der Waals surface area contributed by atoms with Crippen molar-refractivity contribution in [2.75, 3.05) is 6.54 Å². The SMILES string of the molecule is CCCNC(C)c1sc(C2CCC2)nc1C. The standard InChI is InChI=1S/C13H22N2S/c1-4-8-14-9(2)12-10(3)15-13(16-12)11-6-5-7-11/h9,11,14H,4-8H2,1-3H3. The Bertz CT molecular complexity index is 342. The number of thiazole rings is 1. The third-order valence-corrected chi connectivity index (χ3v) is 4.90. The fourth-order valence-electron chi connectivity index (χ4n) is 2.11. The number of aryl methyl sites for hydroxylation is 1. The predicted molar refractivity (Wildman–Crippen MR) is 70.2 cm³/mol. The molecule has 1 aromatic rings. The van der Waals surface area contributed by atoms with E-state index in [-0.39, 0.29) is 0 Å². The number of aromatic nitrogens is 1. The van der Waals surface area contributed by atoms with Crippen molar-refractivity contribution >= 4 is 11.3 Å². The summed E-state index contributed by atoms with van der Waals surface area (Å²) in [5.41, 5.74) is 1.24. The van der Waals surface area contributed by atoms with E-state index in [1.165, 1.54) is 41.3 Å². The average molecular weight is 238 g/mol. The van der Waals surface area contributed by atoms with E-state index in [4.69, 9.17) is 4.98 Å². The smallest absolute Gasteiger partial charge is 0.0962 e. The Kier molecular flexibility index (Phi) is 3.98. The van der Waals surface area contributed by atoms with Crippen molar-refractivity contribution in [1.82, 2.24) is 10.3 Å². The number of nitrogens with zero attached hydrogens (tertiary/aromatic N) is 1. The van der Waals surface area contributed by atoms with E-state index in [2.05, 4.69) is 26.1 Å². The maximum absolute atomic E-state index is 4.74. The van der Waals surface area contributed by atoms with Crippen LogP contribution in [0.15, 0.2) is 0 Å². The number of hydrogen-bond acceptors (Lipinski definition) is 3. The third-order valence-electron chi connectivity index (χ3n) is 3.40. The molecule has 0 aromatic carbocycles. The highest BCUT2D eigenvalue weighted by Crippen LogP contribution is 2.40. The normalized spacial score (nSPS) is 18.4. The Balaban J connectivity index is 2.05. The second kappa shape index (κ2) is 5.28. The highest BCUT2D eigenvalue weighted by Gasteiger charge is 2.24. The molecule has 1 aromatic heterocycles. The topological polar surface area (TPSA) is 24.9 Å². The molecule has 1 atom stereocenters. The van der Waals surface area contributed by atoms with Crippen LogP contribution < -0.4 is 5.32 Å². The first kappa shape index (κ1) is 12.1. The Hall–Kier alpha value is -0.410. The third kappa shape index (κ3) is 2.46. The first-order valence-electron chi connectivity index (χ1n) is 6.43. The minimum Gasteiger partial charge on any atom is -0.309 e. The fraction of sp³-hybridized carbons (Fsp3) is 0.769. The van der Waals surface area contributed by atoms with E-state index in [9.17, 15) is 0 Å². The lowest BCUT2D eigenvalue weighted by molar-refractivity contribution is 0.418. The first-order valence-corrected chi connectivity index (χ1v) is 7.24. The molecule has 0 bridgehead atoms. The summed E-state index contributed by atoms with van der Waals surface area (Å²) < 4.78 is 0. The quantitative estimate of drug-likeness (QED) is 0.844. The van der Waals surface area contributed by atoms with E-state index in [1.54, 1.807) is 0 Å². The van der Waals surface area contributed by atoms with Crippen LogP contribution >= 0.6 is 11.3 Å². The van der Waals surface area contributed by atoms with Gasteiger partial charge in [-0.25, -0.2) is 4.98 Å². The first-order chi connectivity index (χ1) is 7.72. The van der Waals surface area contributed by atoms with Gasteiger partial charge in [-0.2, -0.15) is 0 Å². The molecular formula is C13H22N2S. The molecule has 1 saturated carbocycles. The van der Waals surface area contributed by atoms with Gasteiger partial charge in [0, 0.05) is 16.8 Å². The Morgan fingerprint density at radius 1 is 1.50 bits per heavy atom. The highest BCUT2D eigenvalue weighted by molar-refractivity contribution is 7.11. The van der Waals surface area contributed by atoms with E-state index in [0.717, 1.165) is 12.5 Å². The molecule has 0 aliphatic heterocycles. The van der Waals surface area contributed by atoms with Crippen molar-refractivity contribution in [2.45, 2.75) is 58.4 Å². The van der Waals surface area contributed by atoms with Crippen LogP contribution in [0.2, 0.25) is 0 Å². The summed E-state index contributed by atoms with van der Waals surface area (Å²) in [5.74, 6) is 0.774. The van der Waals surface area contributed by atoms with Gasteiger partial charge in [-0.05, 0) is 39.7 Å². The van der Waals surface area contributed by atoms with Gasteiger partial charge in [-0.3, -0.25) is 0 Å². The summed E-state index contributed by atoms with van der Waals surface area (Å²) in [6.45, 7) is 7.70. The van der Waals surface area contributed by atoms with Gasteiger partial charge in [0.15, 0.2) is 0 Å². The maximum Gasteiger partial charge on any atom is 0.0962 e. The summed E-state index contributed by atoms with van der Waals surface area (Å²) in [5, 5.41) is 4.93. The number of hydrogen-bond donors (Lipinski definition) is 1. The Morgan fingerprint density at radius 3 is 2.81 bits per heavy atom. The second-order valence-corrected chi connectivity index (χ2v) is 5.87. The fourth-order valence-corrected chi connectivity index (χ4v) is 3.38. The molecule has 0 radical (unpaired) electrons. The van der Waals surface area contributed by atoms with Crippen LogP contribution in [0.5, 0.6) is 0 Å². The van der Waals surface area contributed by atoms with Crippen molar-refractivity contribution in [3.05, 3.63) is 15.6 Å². The summed E-state index contributed by atoms with van der Waals surface area (Å²) >= 11 is 1.93. The Morgan fingerprint density at radius 2 is 2.25 bits per heavy atom. The van der Waals surface area contributed by atoms with Gasteiger partial charge >= 0.3 is 0 Å². The van der Waals surface area contributed by atoms with E-state index < -0.39 is 0 Å². The lowest BCUT2D eigenvalue weighted by Crippen LogP contribution is -2.18. The molecule has 1 fully saturated rings. The molecule has 0 amide bonds. The minimum absolute atomic E-state index is 0.464. The van der Waals surface area contributed by atoms with Crippen LogP contribution in [-0.2, 0) is 0 Å². The maximum atomic E-state index is 4.74. The van der Waals surface area contributed by atoms with E-state index >= 15 is 0 Å². The van der Waals surface area contributed by atoms with Gasteiger partial charge in [-0.1, -0.05) is 13.3 Å². The van der Waals surface area contributed by atoms with Gasteiger partial charge in [0.1, 0.15) is 0 Å². The molecule has 1 N–H and O–H groups in total. The molecule has 90 valence electrons. The van der Waals surface area contributed by atoms with Crippen LogP contribution in [0.1, 0.15) is 67.1 Å². The average Bonchev–Trinajstić information content (AvgIpc) is 2.54. The van der Waals surface area contributed by atoms with Gasteiger partial charge < -0.3 is 5.32 Å². The molecule has 3 heteroatoms. The molecule has 1 unspecified atom stereocenters. The monoisotopic (exact) mass is 238 g/mol. The molecule has 0 spiro atoms. The van der Waals surface area contributed by atoms with Crippen LogP contribution in [-0.4, -0.2) is 11.5 Å². The van der Waals surface area contributed by atoms with Gasteiger partial charge in [0.2, 0.25) is 0 Å². The largest absolute Gasteiger partial charge is 0.309 e. The van der Waals surface area contributed by atoms with Gasteiger partial charge in [0.25, 0.3) is 0 Å². The van der Waals surface area contributed by atoms with Crippen molar-refractivity contribution in [3.63, 3.8) is 0 Å². The highest BCUT2D eigenvalue weighted by atomic mass is 32.1. The molecule has 2 nitrogen and oxygen atoms in total. The lowest BCUT2D eigenvalue weighted by atomic mass is 9.86. The summed E-state index contributed by atoms with van der Waals surface area (Å²) in [6.07, 6.45) is 5.28. The van der Waals surface area contributed by atoms with Crippen LogP contribution in [0.4, 0.5) is 0 Å². The van der Waals surface area contributed by atoms with E-state index in [1.807, 2.05) is 11.3 Å². The second-order valence-electron chi connectivity index (χ2n) is 4.81. The van der Waals surface area contributed by atoms with Crippen molar-refractivity contribution in [3.8, 4) is 0 Å². The van der Waals surface area contributed by atoms with Crippen LogP contribution in [0, 0.1) is 6.92 Å². The van der Waals surface area contributed by atoms with Crippen LogP contribution in [0.3, 0.4) is 0 Å². The zero-order chi connectivity index (χ0) is 11.5. The molecule has 2 rings (SSSR count). The van der Waals surface area contributed by atoms with Crippen molar-refractivity contribution in [2.24, 2.45) is 0 Å². The summed E-state index contributed by atoms with van der Waals surface area (Å²) in [7, 11) is 0. The predicted octanol–water partition coefficient (Wildman–Crippen LogP) is 3.78. The molecule has 1 aliphatic rings. The molecule has 1 heterocycles. The molecular weight excluding hydrogens is 216 g/mol. The molecule has 1 aliphatic carbocycles. The summed E-state index contributed by atoms with van der Waals surface area (Å²) in [4.78, 5) is 6.18. The zero-order valence-electron chi connectivity index (χ0n) is 10.5. The van der Waals surface area contributed by atoms with Gasteiger partial charge in [-0.15, -0.1) is 11.3 Å². The van der Waals surface area contributed by atoms with E-state index in [0.29, 0.717) is 6.04 Å². The number of nitrogens with one attached hydrogen (secondary N) is 1. The zero-order valence-corrected chi connectivity index (χ0v) is 11.4. The molecule has 16 heavy (non-hydrogen) atoms. The molecule has 0 saturated heterocycles.